The normalized spacial score (nSPS) is 17.1. The summed E-state index contributed by atoms with van der Waals surface area (Å²) in [6, 6.07) is 4.01. The van der Waals surface area contributed by atoms with E-state index in [9.17, 15) is 4.79 Å². The molecule has 2 N–H and O–H groups in total. The number of thiophene rings is 1. The number of nitrogens with one attached hydrogen (secondary N) is 2. The van der Waals surface area contributed by atoms with Crippen LogP contribution in [0.3, 0.4) is 0 Å². The van der Waals surface area contributed by atoms with Gasteiger partial charge >= 0.3 is 0 Å². The molecular weight excluding hydrogens is 330 g/mol. The van der Waals surface area contributed by atoms with E-state index in [1.165, 1.54) is 11.3 Å². The van der Waals surface area contributed by atoms with Crippen LogP contribution in [-0.4, -0.2) is 44.2 Å². The van der Waals surface area contributed by atoms with E-state index >= 15 is 0 Å². The first-order chi connectivity index (χ1) is 11.2. The van der Waals surface area contributed by atoms with Crippen molar-refractivity contribution in [2.45, 2.75) is 12.8 Å². The Morgan fingerprint density at radius 1 is 1.43 bits per heavy atom. The minimum Gasteiger partial charge on any atom is -0.384 e. The Hall–Kier alpha value is -1.28. The highest BCUT2D eigenvalue weighted by atomic mass is 32.1. The molecule has 5 nitrogen and oxygen atoms in total. The number of nitrogens with zero attached hydrogens (tertiary/aromatic N) is 1. The smallest absolute Gasteiger partial charge is 0.270 e. The Morgan fingerprint density at radius 2 is 2.26 bits per heavy atom. The summed E-state index contributed by atoms with van der Waals surface area (Å²) < 4.78 is 5.38. The van der Waals surface area contributed by atoms with Crippen LogP contribution in [0.2, 0.25) is 0 Å². The van der Waals surface area contributed by atoms with E-state index in [1.807, 2.05) is 22.9 Å². The molecule has 0 spiro atoms. The van der Waals surface area contributed by atoms with Gasteiger partial charge in [0.25, 0.3) is 5.91 Å². The molecule has 1 saturated heterocycles. The van der Waals surface area contributed by atoms with Crippen LogP contribution in [0.25, 0.3) is 9.88 Å². The number of aromatic nitrogens is 1. The molecular formula is C16H21N3O2S2. The van der Waals surface area contributed by atoms with Gasteiger partial charge in [-0.3, -0.25) is 4.79 Å². The molecule has 0 aromatic carbocycles. The van der Waals surface area contributed by atoms with Gasteiger partial charge in [-0.1, -0.05) is 6.07 Å². The van der Waals surface area contributed by atoms with Gasteiger partial charge in [-0.2, -0.15) is 0 Å². The van der Waals surface area contributed by atoms with Crippen LogP contribution in [-0.2, 0) is 4.74 Å². The average molecular weight is 351 g/mol. The highest BCUT2D eigenvalue weighted by Gasteiger charge is 2.32. The molecule has 1 aliphatic heterocycles. The highest BCUT2D eigenvalue weighted by Crippen LogP contribution is 2.29. The van der Waals surface area contributed by atoms with Crippen LogP contribution in [0.5, 0.6) is 0 Å². The van der Waals surface area contributed by atoms with Crippen molar-refractivity contribution >= 4 is 28.6 Å². The number of methoxy groups -OCH3 is 1. The van der Waals surface area contributed by atoms with Crippen LogP contribution in [0.15, 0.2) is 22.9 Å². The van der Waals surface area contributed by atoms with Crippen LogP contribution < -0.4 is 10.6 Å². The van der Waals surface area contributed by atoms with Crippen LogP contribution in [0.1, 0.15) is 23.3 Å². The molecule has 3 rings (SSSR count). The maximum Gasteiger partial charge on any atom is 0.270 e. The van der Waals surface area contributed by atoms with E-state index in [2.05, 4.69) is 15.6 Å². The van der Waals surface area contributed by atoms with Gasteiger partial charge in [0.15, 0.2) is 0 Å². The Balaban J connectivity index is 1.62. The van der Waals surface area contributed by atoms with E-state index in [4.69, 9.17) is 4.74 Å². The lowest BCUT2D eigenvalue weighted by atomic mass is 9.79. The SMILES string of the molecule is COCC1(CNC(=O)c2csc(-c3cccs3)n2)CCNCC1. The van der Waals surface area contributed by atoms with Gasteiger partial charge in [-0.05, 0) is 37.4 Å². The van der Waals surface area contributed by atoms with Gasteiger partial charge in [0, 0.05) is 24.4 Å². The third kappa shape index (κ3) is 3.98. The summed E-state index contributed by atoms with van der Waals surface area (Å²) in [5.74, 6) is -0.0990. The molecule has 2 aromatic rings. The maximum atomic E-state index is 12.4. The van der Waals surface area contributed by atoms with Gasteiger partial charge in [0.1, 0.15) is 10.7 Å². The number of thiazole rings is 1. The summed E-state index contributed by atoms with van der Waals surface area (Å²) in [6.07, 6.45) is 2.03. The lowest BCUT2D eigenvalue weighted by Crippen LogP contribution is -2.47. The van der Waals surface area contributed by atoms with Crippen LogP contribution in [0.4, 0.5) is 0 Å². The fourth-order valence-corrected chi connectivity index (χ4v) is 4.50. The van der Waals surface area contributed by atoms with Crippen molar-refractivity contribution in [3.63, 3.8) is 0 Å². The number of piperidine rings is 1. The molecule has 1 fully saturated rings. The molecule has 0 unspecified atom stereocenters. The molecule has 0 atom stereocenters. The summed E-state index contributed by atoms with van der Waals surface area (Å²) in [5, 5.41) is 11.2. The van der Waals surface area contributed by atoms with E-state index in [0.29, 0.717) is 18.8 Å². The molecule has 1 amide bonds. The molecule has 0 saturated carbocycles. The summed E-state index contributed by atoms with van der Waals surface area (Å²) in [4.78, 5) is 18.0. The largest absolute Gasteiger partial charge is 0.384 e. The summed E-state index contributed by atoms with van der Waals surface area (Å²) in [6.45, 7) is 3.25. The second-order valence-corrected chi connectivity index (χ2v) is 7.69. The summed E-state index contributed by atoms with van der Waals surface area (Å²) >= 11 is 3.15. The minimum absolute atomic E-state index is 0.0300. The Kier molecular flexibility index (Phi) is 5.42. The number of ether oxygens (including phenoxy) is 1. The molecule has 1 aliphatic rings. The fourth-order valence-electron chi connectivity index (χ4n) is 2.89. The monoisotopic (exact) mass is 351 g/mol. The first-order valence-electron chi connectivity index (χ1n) is 7.70. The second kappa shape index (κ2) is 7.53. The Morgan fingerprint density at radius 3 is 2.96 bits per heavy atom. The fraction of sp³-hybridized carbons (Fsp3) is 0.500. The number of hydrogen-bond acceptors (Lipinski definition) is 6. The minimum atomic E-state index is -0.0990. The van der Waals surface area contributed by atoms with E-state index < -0.39 is 0 Å². The predicted octanol–water partition coefficient (Wildman–Crippen LogP) is 2.62. The molecule has 3 heterocycles. The number of rotatable bonds is 6. The first kappa shape index (κ1) is 16.6. The lowest BCUT2D eigenvalue weighted by Gasteiger charge is -2.37. The topological polar surface area (TPSA) is 63.2 Å². The Labute approximate surface area is 144 Å². The quantitative estimate of drug-likeness (QED) is 0.840. The molecule has 0 radical (unpaired) electrons. The van der Waals surface area contributed by atoms with Crippen molar-refractivity contribution in [3.05, 3.63) is 28.6 Å². The van der Waals surface area contributed by atoms with Crippen molar-refractivity contribution < 1.29 is 9.53 Å². The molecule has 23 heavy (non-hydrogen) atoms. The van der Waals surface area contributed by atoms with E-state index in [-0.39, 0.29) is 11.3 Å². The zero-order valence-electron chi connectivity index (χ0n) is 13.1. The number of carbonyl (C=O) groups excluding carboxylic acids is 1. The van der Waals surface area contributed by atoms with Crippen LogP contribution in [0, 0.1) is 5.41 Å². The standard InChI is InChI=1S/C16H21N3O2S2/c1-21-11-16(4-6-17-7-5-16)10-18-14(20)12-9-23-15(19-12)13-3-2-8-22-13/h2-3,8-9,17H,4-7,10-11H2,1H3,(H,18,20). The van der Waals surface area contributed by atoms with Crippen molar-refractivity contribution in [1.82, 2.24) is 15.6 Å². The van der Waals surface area contributed by atoms with Crippen molar-refractivity contribution in [1.29, 1.82) is 0 Å². The molecule has 7 heteroatoms. The van der Waals surface area contributed by atoms with Crippen molar-refractivity contribution in [2.24, 2.45) is 5.41 Å². The number of carbonyl (C=O) groups is 1. The Bertz CT molecular complexity index is 628. The van der Waals surface area contributed by atoms with E-state index in [1.54, 1.807) is 18.4 Å². The van der Waals surface area contributed by atoms with Gasteiger partial charge < -0.3 is 15.4 Å². The van der Waals surface area contributed by atoms with Gasteiger partial charge in [-0.15, -0.1) is 22.7 Å². The number of amides is 1. The average Bonchev–Trinajstić information content (AvgIpc) is 3.25. The third-order valence-corrected chi connectivity index (χ3v) is 6.09. The zero-order valence-corrected chi connectivity index (χ0v) is 14.8. The molecule has 2 aromatic heterocycles. The predicted molar refractivity (Wildman–Crippen MR) is 94.2 cm³/mol. The summed E-state index contributed by atoms with van der Waals surface area (Å²) in [5.41, 5.74) is 0.530. The highest BCUT2D eigenvalue weighted by molar-refractivity contribution is 7.20. The summed E-state index contributed by atoms with van der Waals surface area (Å²) in [7, 11) is 1.72. The maximum absolute atomic E-state index is 12.4. The van der Waals surface area contributed by atoms with Gasteiger partial charge in [0.05, 0.1) is 11.5 Å². The lowest BCUT2D eigenvalue weighted by molar-refractivity contribution is 0.0511. The third-order valence-electron chi connectivity index (χ3n) is 4.21. The number of hydrogen-bond donors (Lipinski definition) is 2. The molecule has 0 aliphatic carbocycles. The van der Waals surface area contributed by atoms with E-state index in [0.717, 1.165) is 35.8 Å². The molecule has 0 bridgehead atoms. The zero-order chi connectivity index (χ0) is 16.1. The molecule has 124 valence electrons. The van der Waals surface area contributed by atoms with Crippen LogP contribution >= 0.6 is 22.7 Å². The van der Waals surface area contributed by atoms with Crippen molar-refractivity contribution in [2.75, 3.05) is 33.4 Å². The van der Waals surface area contributed by atoms with Gasteiger partial charge in [-0.25, -0.2) is 4.98 Å². The van der Waals surface area contributed by atoms with Gasteiger partial charge in [0.2, 0.25) is 0 Å². The second-order valence-electron chi connectivity index (χ2n) is 5.88. The van der Waals surface area contributed by atoms with Crippen molar-refractivity contribution in [3.8, 4) is 9.88 Å². The first-order valence-corrected chi connectivity index (χ1v) is 9.46.